The second-order valence-electron chi connectivity index (χ2n) is 5.85. The minimum atomic E-state index is 0.612. The first kappa shape index (κ1) is 21.3. The number of hydrogen-bond acceptors (Lipinski definition) is 4. The predicted octanol–water partition coefficient (Wildman–Crippen LogP) is 3.43. The maximum absolute atomic E-state index is 5.84. The normalized spacial score (nSPS) is 10.5. The fourth-order valence-electron chi connectivity index (χ4n) is 2.54. The van der Waals surface area contributed by atoms with Gasteiger partial charge in [0.05, 0.1) is 24.4 Å². The van der Waals surface area contributed by atoms with Crippen LogP contribution in [0.3, 0.4) is 0 Å². The van der Waals surface area contributed by atoms with Crippen molar-refractivity contribution in [2.24, 2.45) is 0 Å². The highest BCUT2D eigenvalue weighted by Gasteiger charge is 2.06. The number of benzene rings is 1. The molecule has 0 amide bonds. The van der Waals surface area contributed by atoms with Gasteiger partial charge in [0.1, 0.15) is 0 Å². The third-order valence-corrected chi connectivity index (χ3v) is 4.24. The zero-order valence-electron chi connectivity index (χ0n) is 15.8. The molecule has 0 atom stereocenters. The van der Waals surface area contributed by atoms with Gasteiger partial charge in [-0.05, 0) is 56.6 Å². The van der Waals surface area contributed by atoms with Gasteiger partial charge in [0.25, 0.3) is 0 Å². The van der Waals surface area contributed by atoms with Gasteiger partial charge in [-0.25, -0.2) is 0 Å². The molecule has 0 aliphatic rings. The molecule has 1 aromatic heterocycles. The van der Waals surface area contributed by atoms with Gasteiger partial charge in [0, 0.05) is 25.8 Å². The largest absolute Gasteiger partial charge is 0.490 e. The van der Waals surface area contributed by atoms with Crippen molar-refractivity contribution in [3.63, 3.8) is 0 Å². The lowest BCUT2D eigenvalue weighted by Crippen LogP contribution is -2.37. The van der Waals surface area contributed by atoms with Gasteiger partial charge in [-0.15, -0.1) is 0 Å². The fraction of sp³-hybridized carbons (Fsp3) is 0.474. The molecule has 1 heterocycles. The van der Waals surface area contributed by atoms with Crippen LogP contribution in [0, 0.1) is 0 Å². The molecular weight excluding hydrogens is 384 g/mol. The first-order chi connectivity index (χ1) is 13.1. The Bertz CT molecular complexity index is 723. The summed E-state index contributed by atoms with van der Waals surface area (Å²) in [6, 6.07) is 6.05. The zero-order valence-corrected chi connectivity index (χ0v) is 17.4. The van der Waals surface area contributed by atoms with Crippen molar-refractivity contribution < 1.29 is 9.47 Å². The second-order valence-corrected chi connectivity index (χ2v) is 6.70. The van der Waals surface area contributed by atoms with Crippen molar-refractivity contribution >= 4 is 28.9 Å². The second kappa shape index (κ2) is 11.7. The van der Waals surface area contributed by atoms with Crippen molar-refractivity contribution in [2.45, 2.75) is 33.2 Å². The molecule has 2 aromatic rings. The van der Waals surface area contributed by atoms with Crippen LogP contribution in [0.4, 0.5) is 0 Å². The van der Waals surface area contributed by atoms with Crippen LogP contribution < -0.4 is 20.1 Å². The topological polar surface area (TPSA) is 60.3 Å². The first-order valence-corrected chi connectivity index (χ1v) is 9.99. The maximum atomic E-state index is 5.84. The van der Waals surface area contributed by atoms with Crippen LogP contribution in [0.2, 0.25) is 5.02 Å². The quantitative estimate of drug-likeness (QED) is 0.437. The minimum Gasteiger partial charge on any atom is -0.490 e. The molecule has 0 spiro atoms. The van der Waals surface area contributed by atoms with Gasteiger partial charge in [0.15, 0.2) is 16.6 Å². The van der Waals surface area contributed by atoms with Crippen LogP contribution in [0.5, 0.6) is 11.5 Å². The SMILES string of the molecule is CCOc1ccc(CCNC(=S)NCCCn2cc(Cl)cn2)cc1OCC. The third-order valence-electron chi connectivity index (χ3n) is 3.76. The molecule has 2 N–H and O–H groups in total. The van der Waals surface area contributed by atoms with E-state index in [0.29, 0.717) is 23.3 Å². The van der Waals surface area contributed by atoms with Gasteiger partial charge in [-0.1, -0.05) is 17.7 Å². The maximum Gasteiger partial charge on any atom is 0.166 e. The summed E-state index contributed by atoms with van der Waals surface area (Å²) in [6.45, 7) is 7.49. The van der Waals surface area contributed by atoms with Crippen LogP contribution in [-0.4, -0.2) is 41.2 Å². The molecular formula is C19H27ClN4O2S. The highest BCUT2D eigenvalue weighted by atomic mass is 35.5. The van der Waals surface area contributed by atoms with Gasteiger partial charge in [0.2, 0.25) is 0 Å². The van der Waals surface area contributed by atoms with Gasteiger partial charge < -0.3 is 20.1 Å². The summed E-state index contributed by atoms with van der Waals surface area (Å²) < 4.78 is 13.1. The van der Waals surface area contributed by atoms with Crippen molar-refractivity contribution in [1.29, 1.82) is 0 Å². The van der Waals surface area contributed by atoms with E-state index < -0.39 is 0 Å². The van der Waals surface area contributed by atoms with E-state index in [4.69, 9.17) is 33.3 Å². The average Bonchev–Trinajstić information content (AvgIpc) is 3.06. The lowest BCUT2D eigenvalue weighted by Gasteiger charge is -2.13. The molecule has 0 saturated heterocycles. The van der Waals surface area contributed by atoms with Crippen LogP contribution >= 0.6 is 23.8 Å². The molecule has 0 fully saturated rings. The van der Waals surface area contributed by atoms with Gasteiger partial charge >= 0.3 is 0 Å². The average molecular weight is 411 g/mol. The molecule has 0 aliphatic heterocycles. The Morgan fingerprint density at radius 2 is 1.89 bits per heavy atom. The van der Waals surface area contributed by atoms with E-state index in [-0.39, 0.29) is 0 Å². The number of nitrogens with one attached hydrogen (secondary N) is 2. The summed E-state index contributed by atoms with van der Waals surface area (Å²) >= 11 is 11.2. The summed E-state index contributed by atoms with van der Waals surface area (Å²) in [5.74, 6) is 1.57. The van der Waals surface area contributed by atoms with Crippen LogP contribution in [0.25, 0.3) is 0 Å². The van der Waals surface area contributed by atoms with Crippen molar-refractivity contribution in [3.8, 4) is 11.5 Å². The lowest BCUT2D eigenvalue weighted by atomic mass is 10.1. The Labute approximate surface area is 171 Å². The van der Waals surface area contributed by atoms with Crippen LogP contribution in [0.1, 0.15) is 25.8 Å². The number of hydrogen-bond donors (Lipinski definition) is 2. The number of rotatable bonds is 11. The van der Waals surface area contributed by atoms with E-state index >= 15 is 0 Å². The molecule has 0 bridgehead atoms. The van der Waals surface area contributed by atoms with E-state index in [9.17, 15) is 0 Å². The molecule has 0 radical (unpaired) electrons. The minimum absolute atomic E-state index is 0.612. The van der Waals surface area contributed by atoms with E-state index in [0.717, 1.165) is 44.0 Å². The van der Waals surface area contributed by atoms with E-state index in [1.54, 1.807) is 6.20 Å². The molecule has 2 rings (SSSR count). The molecule has 0 saturated carbocycles. The Hall–Kier alpha value is -1.99. The predicted molar refractivity (Wildman–Crippen MR) is 113 cm³/mol. The molecule has 0 unspecified atom stereocenters. The lowest BCUT2D eigenvalue weighted by molar-refractivity contribution is 0.287. The summed E-state index contributed by atoms with van der Waals surface area (Å²) in [6.07, 6.45) is 5.21. The van der Waals surface area contributed by atoms with E-state index in [2.05, 4.69) is 21.8 Å². The number of halogens is 1. The number of thiocarbonyl (C=S) groups is 1. The number of ether oxygens (including phenoxy) is 2. The van der Waals surface area contributed by atoms with E-state index in [1.165, 1.54) is 5.56 Å². The highest BCUT2D eigenvalue weighted by molar-refractivity contribution is 7.80. The fourth-order valence-corrected chi connectivity index (χ4v) is 2.90. The monoisotopic (exact) mass is 410 g/mol. The smallest absolute Gasteiger partial charge is 0.166 e. The number of aromatic nitrogens is 2. The Balaban J connectivity index is 1.67. The van der Waals surface area contributed by atoms with Gasteiger partial charge in [-0.3, -0.25) is 4.68 Å². The Kier molecular flexibility index (Phi) is 9.21. The molecule has 8 heteroatoms. The standard InChI is InChI=1S/C19H27ClN4O2S/c1-3-25-17-7-6-15(12-18(17)26-4-2)8-10-22-19(27)21-9-5-11-24-14-16(20)13-23-24/h6-7,12-14H,3-5,8-11H2,1-2H3,(H2,21,22,27). The van der Waals surface area contributed by atoms with E-state index in [1.807, 2.05) is 36.9 Å². The van der Waals surface area contributed by atoms with Gasteiger partial charge in [-0.2, -0.15) is 5.10 Å². The molecule has 0 aliphatic carbocycles. The summed E-state index contributed by atoms with van der Waals surface area (Å²) in [7, 11) is 0. The molecule has 6 nitrogen and oxygen atoms in total. The van der Waals surface area contributed by atoms with Crippen molar-refractivity contribution in [2.75, 3.05) is 26.3 Å². The zero-order chi connectivity index (χ0) is 19.5. The van der Waals surface area contributed by atoms with Crippen molar-refractivity contribution in [1.82, 2.24) is 20.4 Å². The Morgan fingerprint density at radius 1 is 1.15 bits per heavy atom. The molecule has 27 heavy (non-hydrogen) atoms. The third kappa shape index (κ3) is 7.64. The number of nitrogens with zero attached hydrogens (tertiary/aromatic N) is 2. The van der Waals surface area contributed by atoms with Crippen LogP contribution in [-0.2, 0) is 13.0 Å². The molecule has 148 valence electrons. The summed E-state index contributed by atoms with van der Waals surface area (Å²) in [5, 5.41) is 11.9. The van der Waals surface area contributed by atoms with Crippen molar-refractivity contribution in [3.05, 3.63) is 41.2 Å². The number of aryl methyl sites for hydroxylation is 1. The summed E-state index contributed by atoms with van der Waals surface area (Å²) in [5.41, 5.74) is 1.17. The summed E-state index contributed by atoms with van der Waals surface area (Å²) in [4.78, 5) is 0. The first-order valence-electron chi connectivity index (χ1n) is 9.20. The van der Waals surface area contributed by atoms with Crippen LogP contribution in [0.15, 0.2) is 30.6 Å². The highest BCUT2D eigenvalue weighted by Crippen LogP contribution is 2.28. The molecule has 1 aromatic carbocycles. The Morgan fingerprint density at radius 3 is 2.59 bits per heavy atom.